The molecule has 2 aromatic rings. The van der Waals surface area contributed by atoms with E-state index in [1.807, 2.05) is 29.5 Å². The second kappa shape index (κ2) is 6.31. The van der Waals surface area contributed by atoms with Gasteiger partial charge in [-0.25, -0.2) is 0 Å². The number of hydrogen-bond donors (Lipinski definition) is 1. The van der Waals surface area contributed by atoms with Crippen molar-refractivity contribution >= 4 is 23.0 Å². The third-order valence-electron chi connectivity index (χ3n) is 4.05. The number of thiophene rings is 1. The Labute approximate surface area is 128 Å². The number of carboxylic acids is 1. The van der Waals surface area contributed by atoms with Crippen molar-refractivity contribution in [2.45, 2.75) is 31.7 Å². The molecule has 21 heavy (non-hydrogen) atoms. The van der Waals surface area contributed by atoms with Crippen molar-refractivity contribution in [3.8, 4) is 0 Å². The first-order valence-electron chi connectivity index (χ1n) is 7.35. The monoisotopic (exact) mass is 301 g/mol. The molecule has 1 atom stereocenters. The Kier molecular flexibility index (Phi) is 4.25. The summed E-state index contributed by atoms with van der Waals surface area (Å²) in [5.74, 6) is -0.739. The molecule has 1 unspecified atom stereocenters. The molecular formula is C17H19NO2S. The Morgan fingerprint density at radius 2 is 2.10 bits per heavy atom. The van der Waals surface area contributed by atoms with E-state index in [0.717, 1.165) is 18.5 Å². The lowest BCUT2D eigenvalue weighted by atomic mass is 9.92. The fourth-order valence-corrected chi connectivity index (χ4v) is 4.07. The van der Waals surface area contributed by atoms with Crippen LogP contribution in [0.3, 0.4) is 0 Å². The zero-order valence-corrected chi connectivity index (χ0v) is 12.7. The lowest BCUT2D eigenvalue weighted by Crippen LogP contribution is -2.32. The van der Waals surface area contributed by atoms with Crippen LogP contribution in [0.1, 0.15) is 35.7 Å². The number of rotatable bonds is 5. The van der Waals surface area contributed by atoms with Crippen molar-refractivity contribution in [3.05, 3.63) is 52.2 Å². The van der Waals surface area contributed by atoms with Crippen LogP contribution in [0.25, 0.3) is 0 Å². The second-order valence-corrected chi connectivity index (χ2v) is 6.38. The molecule has 1 aliphatic carbocycles. The Balaban J connectivity index is 1.91. The van der Waals surface area contributed by atoms with Gasteiger partial charge in [-0.05, 0) is 48.4 Å². The lowest BCUT2D eigenvalue weighted by Gasteiger charge is -2.36. The van der Waals surface area contributed by atoms with Gasteiger partial charge in [-0.2, -0.15) is 0 Å². The van der Waals surface area contributed by atoms with Crippen molar-refractivity contribution in [2.75, 3.05) is 11.4 Å². The summed E-state index contributed by atoms with van der Waals surface area (Å²) in [6, 6.07) is 12.7. The number of aliphatic carboxylic acids is 1. The van der Waals surface area contributed by atoms with Gasteiger partial charge in [0.1, 0.15) is 0 Å². The van der Waals surface area contributed by atoms with Crippen LogP contribution in [0, 0.1) is 0 Å². The van der Waals surface area contributed by atoms with Gasteiger partial charge in [0.05, 0.1) is 12.5 Å². The summed E-state index contributed by atoms with van der Waals surface area (Å²) < 4.78 is 0. The molecule has 3 rings (SSSR count). The molecule has 4 heteroatoms. The molecule has 0 radical (unpaired) electrons. The summed E-state index contributed by atoms with van der Waals surface area (Å²) >= 11 is 1.82. The Hall–Kier alpha value is -1.81. The highest BCUT2D eigenvalue weighted by molar-refractivity contribution is 7.10. The van der Waals surface area contributed by atoms with E-state index in [0.29, 0.717) is 12.6 Å². The van der Waals surface area contributed by atoms with Gasteiger partial charge in [-0.1, -0.05) is 18.2 Å². The predicted molar refractivity (Wildman–Crippen MR) is 86.0 cm³/mol. The highest BCUT2D eigenvalue weighted by atomic mass is 32.1. The van der Waals surface area contributed by atoms with E-state index in [1.54, 1.807) is 0 Å². The third-order valence-corrected chi connectivity index (χ3v) is 5.05. The van der Waals surface area contributed by atoms with Gasteiger partial charge in [0.15, 0.2) is 0 Å². The summed E-state index contributed by atoms with van der Waals surface area (Å²) in [7, 11) is 0. The molecule has 1 N–H and O–H groups in total. The lowest BCUT2D eigenvalue weighted by molar-refractivity contribution is -0.136. The zero-order valence-electron chi connectivity index (χ0n) is 11.9. The van der Waals surface area contributed by atoms with E-state index < -0.39 is 5.97 Å². The molecule has 1 aromatic carbocycles. The Morgan fingerprint density at radius 3 is 2.86 bits per heavy atom. The molecule has 0 saturated heterocycles. The maximum Gasteiger partial charge on any atom is 0.305 e. The third kappa shape index (κ3) is 3.10. The van der Waals surface area contributed by atoms with E-state index in [1.165, 1.54) is 16.9 Å². The van der Waals surface area contributed by atoms with Crippen molar-refractivity contribution in [1.82, 2.24) is 0 Å². The van der Waals surface area contributed by atoms with Gasteiger partial charge in [0, 0.05) is 17.1 Å². The number of carbonyl (C=O) groups is 1. The van der Waals surface area contributed by atoms with Gasteiger partial charge >= 0.3 is 5.97 Å². The van der Waals surface area contributed by atoms with Gasteiger partial charge in [-0.15, -0.1) is 11.3 Å². The van der Waals surface area contributed by atoms with Crippen LogP contribution >= 0.6 is 11.3 Å². The molecule has 3 nitrogen and oxygen atoms in total. The molecule has 110 valence electrons. The average Bonchev–Trinajstić information content (AvgIpc) is 2.97. The van der Waals surface area contributed by atoms with E-state index in [9.17, 15) is 4.79 Å². The van der Waals surface area contributed by atoms with Crippen LogP contribution < -0.4 is 4.90 Å². The Morgan fingerprint density at radius 1 is 1.29 bits per heavy atom. The molecule has 0 bridgehead atoms. The van der Waals surface area contributed by atoms with Gasteiger partial charge in [0.2, 0.25) is 0 Å². The number of benzene rings is 1. The largest absolute Gasteiger partial charge is 0.481 e. The quantitative estimate of drug-likeness (QED) is 0.903. The summed E-state index contributed by atoms with van der Waals surface area (Å²) in [5.41, 5.74) is 2.50. The summed E-state index contributed by atoms with van der Waals surface area (Å²) in [5, 5.41) is 11.2. The van der Waals surface area contributed by atoms with Crippen LogP contribution in [0.2, 0.25) is 0 Å². The number of aryl methyl sites for hydroxylation is 1. The van der Waals surface area contributed by atoms with Crippen molar-refractivity contribution in [1.29, 1.82) is 0 Å². The molecule has 0 aliphatic heterocycles. The Bertz CT molecular complexity index is 608. The topological polar surface area (TPSA) is 40.5 Å². The molecule has 0 amide bonds. The number of anilines is 1. The van der Waals surface area contributed by atoms with E-state index in [-0.39, 0.29) is 6.42 Å². The average molecular weight is 301 g/mol. The smallest absolute Gasteiger partial charge is 0.305 e. The summed E-state index contributed by atoms with van der Waals surface area (Å²) in [6.07, 6.45) is 3.60. The van der Waals surface area contributed by atoms with E-state index >= 15 is 0 Å². The fraction of sp³-hybridized carbons (Fsp3) is 0.353. The molecule has 1 aliphatic rings. The zero-order chi connectivity index (χ0) is 14.7. The normalized spacial score (nSPS) is 17.2. The first kappa shape index (κ1) is 14.1. The highest BCUT2D eigenvalue weighted by Gasteiger charge is 2.27. The van der Waals surface area contributed by atoms with Crippen LogP contribution in [0.5, 0.6) is 0 Å². The van der Waals surface area contributed by atoms with Gasteiger partial charge in [0.25, 0.3) is 0 Å². The van der Waals surface area contributed by atoms with Crippen LogP contribution in [0.15, 0.2) is 41.8 Å². The maximum atomic E-state index is 11.0. The number of hydrogen-bond acceptors (Lipinski definition) is 3. The maximum absolute atomic E-state index is 11.0. The first-order valence-corrected chi connectivity index (χ1v) is 8.23. The van der Waals surface area contributed by atoms with E-state index in [4.69, 9.17) is 5.11 Å². The standard InChI is InChI=1S/C17H19NO2S/c19-17(20)9-11-18(13-5-2-1-3-6-13)15-7-4-8-16-14(15)10-12-21-16/h1-3,5-6,10,12,15H,4,7-9,11H2,(H,19,20). The molecule has 1 aromatic heterocycles. The molecular weight excluding hydrogens is 282 g/mol. The SMILES string of the molecule is O=C(O)CCN(c1ccccc1)C1CCCc2sccc21. The number of para-hydroxylation sites is 1. The minimum atomic E-state index is -0.739. The van der Waals surface area contributed by atoms with Crippen molar-refractivity contribution in [3.63, 3.8) is 0 Å². The van der Waals surface area contributed by atoms with E-state index in [2.05, 4.69) is 28.5 Å². The minimum Gasteiger partial charge on any atom is -0.481 e. The minimum absolute atomic E-state index is 0.171. The number of nitrogens with zero attached hydrogens (tertiary/aromatic N) is 1. The van der Waals surface area contributed by atoms with Gasteiger partial charge in [-0.3, -0.25) is 4.79 Å². The summed E-state index contributed by atoms with van der Waals surface area (Å²) in [6.45, 7) is 0.555. The fourth-order valence-electron chi connectivity index (χ4n) is 3.09. The molecule has 1 heterocycles. The first-order chi connectivity index (χ1) is 10.3. The molecule has 0 saturated carbocycles. The molecule has 0 spiro atoms. The van der Waals surface area contributed by atoms with Crippen LogP contribution in [-0.2, 0) is 11.2 Å². The molecule has 0 fully saturated rings. The van der Waals surface area contributed by atoms with Crippen LogP contribution in [0.4, 0.5) is 5.69 Å². The second-order valence-electron chi connectivity index (χ2n) is 5.38. The predicted octanol–water partition coefficient (Wildman–Crippen LogP) is 4.11. The van der Waals surface area contributed by atoms with Crippen LogP contribution in [-0.4, -0.2) is 17.6 Å². The van der Waals surface area contributed by atoms with Gasteiger partial charge < -0.3 is 10.0 Å². The summed E-state index contributed by atoms with van der Waals surface area (Å²) in [4.78, 5) is 14.7. The number of fused-ring (bicyclic) bond motifs is 1. The highest BCUT2D eigenvalue weighted by Crippen LogP contribution is 2.39. The number of carboxylic acid groups (broad SMARTS) is 1. The van der Waals surface area contributed by atoms with Crippen molar-refractivity contribution < 1.29 is 9.90 Å². The van der Waals surface area contributed by atoms with Crippen molar-refractivity contribution in [2.24, 2.45) is 0 Å².